The number of carbonyl (C=O) groups excluding carboxylic acids is 2. The van der Waals surface area contributed by atoms with Gasteiger partial charge < -0.3 is 24.4 Å². The Morgan fingerprint density at radius 3 is 2.00 bits per heavy atom. The van der Waals surface area contributed by atoms with Crippen LogP contribution in [0.2, 0.25) is 0 Å². The van der Waals surface area contributed by atoms with Crippen molar-refractivity contribution in [3.63, 3.8) is 0 Å². The van der Waals surface area contributed by atoms with Gasteiger partial charge in [-0.2, -0.15) is 0 Å². The van der Waals surface area contributed by atoms with Crippen LogP contribution in [-0.2, 0) is 0 Å². The molecule has 0 saturated carbocycles. The van der Waals surface area contributed by atoms with Crippen molar-refractivity contribution in [2.45, 2.75) is 18.9 Å². The summed E-state index contributed by atoms with van der Waals surface area (Å²) in [4.78, 5) is 27.0. The number of nitrogens with one attached hydrogen (secondary N) is 1. The first-order chi connectivity index (χ1) is 14.5. The van der Waals surface area contributed by atoms with E-state index in [0.717, 1.165) is 0 Å². The highest BCUT2D eigenvalue weighted by atomic mass is 19.1. The fourth-order valence-electron chi connectivity index (χ4n) is 3.48. The molecular formula is C22H25FN2O5. The molecule has 30 heavy (non-hydrogen) atoms. The molecule has 1 N–H and O–H groups in total. The molecule has 0 radical (unpaired) electrons. The maximum Gasteiger partial charge on any atom is 0.254 e. The summed E-state index contributed by atoms with van der Waals surface area (Å²) in [5.74, 6) is 0.495. The van der Waals surface area contributed by atoms with E-state index < -0.39 is 0 Å². The summed E-state index contributed by atoms with van der Waals surface area (Å²) in [5.41, 5.74) is 0.852. The molecule has 7 nitrogen and oxygen atoms in total. The lowest BCUT2D eigenvalue weighted by Gasteiger charge is -2.32. The first kappa shape index (κ1) is 21.4. The smallest absolute Gasteiger partial charge is 0.254 e. The SMILES string of the molecule is COc1cc(C(=O)N2CCC(NC(=O)c3ccc(F)cc3)CC2)cc(OC)c1OC. The lowest BCUT2D eigenvalue weighted by atomic mass is 10.0. The van der Waals surface area contributed by atoms with E-state index in [0.29, 0.717) is 54.3 Å². The Morgan fingerprint density at radius 2 is 1.50 bits per heavy atom. The molecule has 0 aromatic heterocycles. The van der Waals surface area contributed by atoms with Crippen LogP contribution in [0.5, 0.6) is 17.2 Å². The second-order valence-corrected chi connectivity index (χ2v) is 6.96. The number of nitrogens with zero attached hydrogens (tertiary/aromatic N) is 1. The van der Waals surface area contributed by atoms with E-state index in [2.05, 4.69) is 5.32 Å². The molecule has 1 aliphatic heterocycles. The fraction of sp³-hybridized carbons (Fsp3) is 0.364. The summed E-state index contributed by atoms with van der Waals surface area (Å²) in [6, 6.07) is 8.63. The molecule has 1 aliphatic rings. The van der Waals surface area contributed by atoms with Crippen LogP contribution >= 0.6 is 0 Å². The number of methoxy groups -OCH3 is 3. The van der Waals surface area contributed by atoms with Crippen LogP contribution in [-0.4, -0.2) is 57.2 Å². The van der Waals surface area contributed by atoms with Crippen LogP contribution in [0.15, 0.2) is 36.4 Å². The summed E-state index contributed by atoms with van der Waals surface area (Å²) in [7, 11) is 4.51. The topological polar surface area (TPSA) is 77.1 Å². The summed E-state index contributed by atoms with van der Waals surface area (Å²) >= 11 is 0. The van der Waals surface area contributed by atoms with Gasteiger partial charge in [0.15, 0.2) is 11.5 Å². The average Bonchev–Trinajstić information content (AvgIpc) is 2.78. The zero-order chi connectivity index (χ0) is 21.7. The summed E-state index contributed by atoms with van der Waals surface area (Å²) in [5, 5.41) is 2.95. The van der Waals surface area contributed by atoms with E-state index in [-0.39, 0.29) is 23.7 Å². The van der Waals surface area contributed by atoms with Crippen molar-refractivity contribution < 1.29 is 28.2 Å². The van der Waals surface area contributed by atoms with Gasteiger partial charge in [-0.25, -0.2) is 4.39 Å². The predicted octanol–water partition coefficient (Wildman–Crippen LogP) is 2.89. The zero-order valence-corrected chi connectivity index (χ0v) is 17.2. The van der Waals surface area contributed by atoms with Crippen LogP contribution < -0.4 is 19.5 Å². The zero-order valence-electron chi connectivity index (χ0n) is 17.2. The number of ether oxygens (including phenoxy) is 3. The van der Waals surface area contributed by atoms with E-state index in [9.17, 15) is 14.0 Å². The summed E-state index contributed by atoms with van der Waals surface area (Å²) in [6.07, 6.45) is 1.26. The highest BCUT2D eigenvalue weighted by molar-refractivity contribution is 5.96. The average molecular weight is 416 g/mol. The molecule has 1 heterocycles. The van der Waals surface area contributed by atoms with Crippen molar-refractivity contribution in [2.24, 2.45) is 0 Å². The second-order valence-electron chi connectivity index (χ2n) is 6.96. The molecule has 3 rings (SSSR count). The van der Waals surface area contributed by atoms with Gasteiger partial charge in [-0.1, -0.05) is 0 Å². The molecule has 0 bridgehead atoms. The third-order valence-electron chi connectivity index (χ3n) is 5.14. The molecule has 0 aliphatic carbocycles. The molecule has 2 aromatic rings. The number of rotatable bonds is 6. The summed E-state index contributed by atoms with van der Waals surface area (Å²) < 4.78 is 29.0. The minimum Gasteiger partial charge on any atom is -0.493 e. The van der Waals surface area contributed by atoms with E-state index in [1.54, 1.807) is 17.0 Å². The van der Waals surface area contributed by atoms with Gasteiger partial charge in [0.2, 0.25) is 5.75 Å². The minimum absolute atomic E-state index is 0.0495. The second kappa shape index (κ2) is 9.47. The number of hydrogen-bond donors (Lipinski definition) is 1. The standard InChI is InChI=1S/C22H25FN2O5/c1-28-18-12-15(13-19(29-2)20(18)30-3)22(27)25-10-8-17(9-11-25)24-21(26)14-4-6-16(23)7-5-14/h4-7,12-13,17H,8-11H2,1-3H3,(H,24,26). The Balaban J connectivity index is 1.62. The Labute approximate surface area is 174 Å². The van der Waals surface area contributed by atoms with Gasteiger partial charge in [0.25, 0.3) is 11.8 Å². The quantitative estimate of drug-likeness (QED) is 0.784. The normalized spacial score (nSPS) is 14.2. The van der Waals surface area contributed by atoms with Crippen LogP contribution in [0.25, 0.3) is 0 Å². The molecule has 1 fully saturated rings. The molecule has 0 spiro atoms. The van der Waals surface area contributed by atoms with Crippen molar-refractivity contribution in [1.29, 1.82) is 0 Å². The van der Waals surface area contributed by atoms with Gasteiger partial charge in [0.05, 0.1) is 21.3 Å². The maximum absolute atomic E-state index is 13.0. The van der Waals surface area contributed by atoms with Crippen molar-refractivity contribution in [2.75, 3.05) is 34.4 Å². The van der Waals surface area contributed by atoms with Crippen LogP contribution in [0.3, 0.4) is 0 Å². The van der Waals surface area contributed by atoms with Gasteiger partial charge in [0, 0.05) is 30.3 Å². The van der Waals surface area contributed by atoms with Crippen LogP contribution in [0, 0.1) is 5.82 Å². The number of likely N-dealkylation sites (tertiary alicyclic amines) is 1. The molecule has 0 unspecified atom stereocenters. The first-order valence-corrected chi connectivity index (χ1v) is 9.62. The molecule has 1 saturated heterocycles. The van der Waals surface area contributed by atoms with E-state index in [4.69, 9.17) is 14.2 Å². The van der Waals surface area contributed by atoms with Crippen molar-refractivity contribution in [3.05, 3.63) is 53.3 Å². The number of piperidine rings is 1. The monoisotopic (exact) mass is 416 g/mol. The fourth-order valence-corrected chi connectivity index (χ4v) is 3.48. The van der Waals surface area contributed by atoms with Crippen molar-refractivity contribution in [3.8, 4) is 17.2 Å². The maximum atomic E-state index is 13.0. The molecule has 2 aromatic carbocycles. The van der Waals surface area contributed by atoms with Crippen LogP contribution in [0.1, 0.15) is 33.6 Å². The van der Waals surface area contributed by atoms with Gasteiger partial charge in [0.1, 0.15) is 5.82 Å². The van der Waals surface area contributed by atoms with Crippen molar-refractivity contribution in [1.82, 2.24) is 10.2 Å². The number of carbonyl (C=O) groups is 2. The van der Waals surface area contributed by atoms with Gasteiger partial charge >= 0.3 is 0 Å². The van der Waals surface area contributed by atoms with Gasteiger partial charge in [-0.3, -0.25) is 9.59 Å². The Hall–Kier alpha value is -3.29. The lowest BCUT2D eigenvalue weighted by molar-refractivity contribution is 0.0697. The molecule has 160 valence electrons. The largest absolute Gasteiger partial charge is 0.493 e. The Bertz CT molecular complexity index is 883. The Kier molecular flexibility index (Phi) is 6.76. The van der Waals surface area contributed by atoms with Crippen molar-refractivity contribution >= 4 is 11.8 Å². The number of halogens is 1. The number of hydrogen-bond acceptors (Lipinski definition) is 5. The molecule has 2 amide bonds. The third kappa shape index (κ3) is 4.64. The van der Waals surface area contributed by atoms with Gasteiger partial charge in [-0.05, 0) is 49.2 Å². The lowest BCUT2D eigenvalue weighted by Crippen LogP contribution is -2.46. The highest BCUT2D eigenvalue weighted by Crippen LogP contribution is 2.38. The van der Waals surface area contributed by atoms with E-state index in [1.807, 2.05) is 0 Å². The molecular weight excluding hydrogens is 391 g/mol. The first-order valence-electron chi connectivity index (χ1n) is 9.62. The van der Waals surface area contributed by atoms with Gasteiger partial charge in [-0.15, -0.1) is 0 Å². The predicted molar refractivity (Wildman–Crippen MR) is 109 cm³/mol. The summed E-state index contributed by atoms with van der Waals surface area (Å²) in [6.45, 7) is 1.01. The Morgan fingerprint density at radius 1 is 0.933 bits per heavy atom. The van der Waals surface area contributed by atoms with Crippen LogP contribution in [0.4, 0.5) is 4.39 Å². The molecule has 0 atom stereocenters. The number of benzene rings is 2. The number of amides is 2. The van der Waals surface area contributed by atoms with E-state index >= 15 is 0 Å². The minimum atomic E-state index is -0.384. The highest BCUT2D eigenvalue weighted by Gasteiger charge is 2.26. The molecule has 8 heteroatoms. The van der Waals surface area contributed by atoms with E-state index in [1.165, 1.54) is 45.6 Å². The third-order valence-corrected chi connectivity index (χ3v) is 5.14.